The summed E-state index contributed by atoms with van der Waals surface area (Å²) in [6, 6.07) is 69.2. The third-order valence-corrected chi connectivity index (χ3v) is 11.6. The molecule has 0 bridgehead atoms. The lowest BCUT2D eigenvalue weighted by Gasteiger charge is -2.31. The number of anilines is 3. The van der Waals surface area contributed by atoms with Crippen LogP contribution in [0.4, 0.5) is 17.1 Å². The van der Waals surface area contributed by atoms with Gasteiger partial charge in [0.25, 0.3) is 0 Å². The molecule has 54 heavy (non-hydrogen) atoms. The SMILES string of the molecule is c1ccc(-c2ccccc2N(c2ccccc2-c2cccc3cccc(C4CCCCC4)c23)c2cccc3c2c2ccccc2n3-c2ccccc2)cc1. The van der Waals surface area contributed by atoms with E-state index in [0.29, 0.717) is 5.92 Å². The summed E-state index contributed by atoms with van der Waals surface area (Å²) in [5.74, 6) is 0.587. The Bertz CT molecular complexity index is 2750. The molecule has 260 valence electrons. The van der Waals surface area contributed by atoms with Crippen LogP contribution in [-0.4, -0.2) is 4.57 Å². The minimum absolute atomic E-state index is 0.587. The number of hydrogen-bond donors (Lipinski definition) is 0. The molecule has 0 atom stereocenters. The monoisotopic (exact) mass is 694 g/mol. The van der Waals surface area contributed by atoms with Crippen LogP contribution < -0.4 is 4.90 Å². The summed E-state index contributed by atoms with van der Waals surface area (Å²) >= 11 is 0. The zero-order valence-electron chi connectivity index (χ0n) is 30.4. The van der Waals surface area contributed by atoms with Gasteiger partial charge in [0.05, 0.1) is 28.1 Å². The fraction of sp³-hybridized carbons (Fsp3) is 0.115. The van der Waals surface area contributed by atoms with Gasteiger partial charge in [-0.3, -0.25) is 0 Å². The molecule has 8 aromatic carbocycles. The van der Waals surface area contributed by atoms with E-state index in [-0.39, 0.29) is 0 Å². The van der Waals surface area contributed by atoms with Crippen LogP contribution in [0.2, 0.25) is 0 Å². The lowest BCUT2D eigenvalue weighted by atomic mass is 9.80. The highest BCUT2D eigenvalue weighted by Gasteiger charge is 2.26. The predicted molar refractivity (Wildman–Crippen MR) is 230 cm³/mol. The number of aromatic nitrogens is 1. The Morgan fingerprint density at radius 3 is 1.78 bits per heavy atom. The van der Waals surface area contributed by atoms with Gasteiger partial charge < -0.3 is 9.47 Å². The first-order valence-corrected chi connectivity index (χ1v) is 19.5. The Hall–Kier alpha value is -6.38. The largest absolute Gasteiger partial charge is 0.309 e. The highest BCUT2D eigenvalue weighted by Crippen LogP contribution is 2.50. The van der Waals surface area contributed by atoms with E-state index in [9.17, 15) is 0 Å². The molecule has 1 saturated carbocycles. The zero-order valence-corrected chi connectivity index (χ0v) is 30.4. The molecule has 1 aliphatic rings. The fourth-order valence-electron chi connectivity index (χ4n) is 9.21. The normalized spacial score (nSPS) is 13.5. The average Bonchev–Trinajstić information content (AvgIpc) is 3.60. The number of fused-ring (bicyclic) bond motifs is 4. The van der Waals surface area contributed by atoms with Gasteiger partial charge in [-0.25, -0.2) is 0 Å². The van der Waals surface area contributed by atoms with E-state index >= 15 is 0 Å². The summed E-state index contributed by atoms with van der Waals surface area (Å²) in [7, 11) is 0. The Morgan fingerprint density at radius 2 is 0.981 bits per heavy atom. The lowest BCUT2D eigenvalue weighted by Crippen LogP contribution is -2.13. The Morgan fingerprint density at radius 1 is 0.407 bits per heavy atom. The number of hydrogen-bond acceptors (Lipinski definition) is 1. The van der Waals surface area contributed by atoms with Gasteiger partial charge in [0.2, 0.25) is 0 Å². The Labute approximate surface area is 317 Å². The quantitative estimate of drug-likeness (QED) is 0.161. The summed E-state index contributed by atoms with van der Waals surface area (Å²) < 4.78 is 2.42. The van der Waals surface area contributed by atoms with Crippen molar-refractivity contribution in [2.24, 2.45) is 0 Å². The maximum atomic E-state index is 2.55. The van der Waals surface area contributed by atoms with Gasteiger partial charge in [0.15, 0.2) is 0 Å². The first-order valence-electron chi connectivity index (χ1n) is 19.5. The van der Waals surface area contributed by atoms with E-state index in [1.807, 2.05) is 0 Å². The van der Waals surface area contributed by atoms with E-state index in [0.717, 1.165) is 22.7 Å². The van der Waals surface area contributed by atoms with Gasteiger partial charge in [-0.1, -0.05) is 165 Å². The molecular weight excluding hydrogens is 653 g/mol. The van der Waals surface area contributed by atoms with Gasteiger partial charge in [-0.2, -0.15) is 0 Å². The number of rotatable bonds is 7. The summed E-state index contributed by atoms with van der Waals surface area (Å²) in [5, 5.41) is 5.18. The minimum Gasteiger partial charge on any atom is -0.309 e. The highest BCUT2D eigenvalue weighted by atomic mass is 15.2. The van der Waals surface area contributed by atoms with Gasteiger partial charge in [0.1, 0.15) is 0 Å². The molecule has 0 spiro atoms. The third kappa shape index (κ3) is 5.49. The van der Waals surface area contributed by atoms with Crippen molar-refractivity contribution in [3.8, 4) is 27.9 Å². The average molecular weight is 695 g/mol. The summed E-state index contributed by atoms with van der Waals surface area (Å²) in [5.41, 5.74) is 13.4. The van der Waals surface area contributed by atoms with Gasteiger partial charge >= 0.3 is 0 Å². The van der Waals surface area contributed by atoms with Crippen molar-refractivity contribution >= 4 is 49.6 Å². The van der Waals surface area contributed by atoms with Crippen LogP contribution in [0.15, 0.2) is 188 Å². The molecule has 1 aliphatic carbocycles. The first kappa shape index (κ1) is 32.3. The second kappa shape index (κ2) is 13.9. The molecule has 2 nitrogen and oxygen atoms in total. The van der Waals surface area contributed by atoms with Crippen LogP contribution >= 0.6 is 0 Å². The molecule has 9 aromatic rings. The number of nitrogens with zero attached hydrogens (tertiary/aromatic N) is 2. The molecule has 0 N–H and O–H groups in total. The van der Waals surface area contributed by atoms with Crippen LogP contribution in [-0.2, 0) is 0 Å². The van der Waals surface area contributed by atoms with Crippen molar-refractivity contribution in [3.63, 3.8) is 0 Å². The summed E-state index contributed by atoms with van der Waals surface area (Å²) in [6.07, 6.45) is 6.49. The predicted octanol–water partition coefficient (Wildman–Crippen LogP) is 14.8. The van der Waals surface area contributed by atoms with Crippen LogP contribution in [0.3, 0.4) is 0 Å². The Kier molecular flexibility index (Phi) is 8.30. The lowest BCUT2D eigenvalue weighted by molar-refractivity contribution is 0.445. The standard InChI is InChI=1S/C52H42N2/c1-4-19-37(20-5-1)41-27-10-13-32-46(41)54(50-36-18-35-49-52(50)45-29-12-15-34-48(45)53(49)40-25-8-3-9-26-40)47-33-14-11-28-43(47)44-31-17-24-39-23-16-30-42(51(39)44)38-21-6-2-7-22-38/h1,3-5,8-20,23-36,38H,2,6-7,21-22H2. The number of para-hydroxylation sites is 4. The topological polar surface area (TPSA) is 8.17 Å². The maximum Gasteiger partial charge on any atom is 0.0562 e. The molecule has 0 amide bonds. The van der Waals surface area contributed by atoms with Crippen molar-refractivity contribution in [1.29, 1.82) is 0 Å². The fourth-order valence-corrected chi connectivity index (χ4v) is 9.21. The van der Waals surface area contributed by atoms with Crippen molar-refractivity contribution in [3.05, 3.63) is 194 Å². The Balaban J connectivity index is 1.30. The molecule has 1 aromatic heterocycles. The molecule has 0 unspecified atom stereocenters. The second-order valence-electron chi connectivity index (χ2n) is 14.7. The highest BCUT2D eigenvalue weighted by molar-refractivity contribution is 6.17. The number of benzene rings is 8. The molecule has 0 aliphatic heterocycles. The molecule has 1 fully saturated rings. The summed E-state index contributed by atoms with van der Waals surface area (Å²) in [4.78, 5) is 2.55. The third-order valence-electron chi connectivity index (χ3n) is 11.6. The minimum atomic E-state index is 0.587. The van der Waals surface area contributed by atoms with Crippen molar-refractivity contribution in [2.75, 3.05) is 4.90 Å². The molecule has 0 saturated heterocycles. The van der Waals surface area contributed by atoms with E-state index in [1.165, 1.54) is 92.5 Å². The van der Waals surface area contributed by atoms with Gasteiger partial charge in [-0.05, 0) is 88.7 Å². The van der Waals surface area contributed by atoms with Gasteiger partial charge in [-0.15, -0.1) is 0 Å². The van der Waals surface area contributed by atoms with Crippen LogP contribution in [0.1, 0.15) is 43.6 Å². The van der Waals surface area contributed by atoms with Gasteiger partial charge in [0, 0.05) is 27.6 Å². The molecule has 0 radical (unpaired) electrons. The van der Waals surface area contributed by atoms with E-state index < -0.39 is 0 Å². The van der Waals surface area contributed by atoms with Crippen LogP contribution in [0, 0.1) is 0 Å². The molecule has 2 heteroatoms. The van der Waals surface area contributed by atoms with Crippen LogP contribution in [0.25, 0.3) is 60.5 Å². The first-order chi connectivity index (χ1) is 26.8. The zero-order chi connectivity index (χ0) is 35.8. The van der Waals surface area contributed by atoms with E-state index in [1.54, 1.807) is 0 Å². The smallest absolute Gasteiger partial charge is 0.0562 e. The van der Waals surface area contributed by atoms with E-state index in [2.05, 4.69) is 198 Å². The molecule has 10 rings (SSSR count). The van der Waals surface area contributed by atoms with E-state index in [4.69, 9.17) is 0 Å². The summed E-state index contributed by atoms with van der Waals surface area (Å²) in [6.45, 7) is 0. The molecular formula is C52H42N2. The second-order valence-corrected chi connectivity index (χ2v) is 14.7. The van der Waals surface area contributed by atoms with Crippen LogP contribution in [0.5, 0.6) is 0 Å². The maximum absolute atomic E-state index is 2.55. The molecule has 1 heterocycles. The van der Waals surface area contributed by atoms with Crippen molar-refractivity contribution < 1.29 is 0 Å². The van der Waals surface area contributed by atoms with Crippen molar-refractivity contribution in [2.45, 2.75) is 38.0 Å². The van der Waals surface area contributed by atoms with Crippen molar-refractivity contribution in [1.82, 2.24) is 4.57 Å².